The predicted octanol–water partition coefficient (Wildman–Crippen LogP) is 4.04. The summed E-state index contributed by atoms with van der Waals surface area (Å²) in [5.41, 5.74) is 2.59. The molecule has 0 aliphatic carbocycles. The summed E-state index contributed by atoms with van der Waals surface area (Å²) in [4.78, 5) is 15.1. The molecule has 104 valence electrons. The highest BCUT2D eigenvalue weighted by Crippen LogP contribution is 2.18. The van der Waals surface area contributed by atoms with Gasteiger partial charge in [-0.2, -0.15) is 0 Å². The van der Waals surface area contributed by atoms with Crippen molar-refractivity contribution in [2.24, 2.45) is 0 Å². The molecule has 0 atom stereocenters. The molecule has 0 amide bonds. The molecule has 3 aromatic rings. The molecule has 0 bridgehead atoms. The molecule has 1 heterocycles. The molecule has 0 radical (unpaired) electrons. The smallest absolute Gasteiger partial charge is 0.340 e. The highest BCUT2D eigenvalue weighted by atomic mass is 16.5. The maximum atomic E-state index is 12.1. The molecule has 0 aliphatic heterocycles. The first-order valence-corrected chi connectivity index (χ1v) is 6.79. The van der Waals surface area contributed by atoms with Crippen molar-refractivity contribution in [1.29, 1.82) is 0 Å². The van der Waals surface area contributed by atoms with E-state index in [1.54, 1.807) is 6.20 Å². The van der Waals surface area contributed by atoms with Crippen LogP contribution in [0.4, 0.5) is 0 Å². The SMILES string of the molecule is O=C(OCC=Cc1ccccc1)c1c[nH]c2ccccc12. The number of ether oxygens (including phenoxy) is 1. The Morgan fingerprint density at radius 3 is 2.67 bits per heavy atom. The second kappa shape index (κ2) is 6.09. The van der Waals surface area contributed by atoms with Crippen LogP contribution in [0.15, 0.2) is 66.9 Å². The van der Waals surface area contributed by atoms with Gasteiger partial charge < -0.3 is 9.72 Å². The van der Waals surface area contributed by atoms with E-state index in [1.807, 2.05) is 66.7 Å². The Labute approximate surface area is 122 Å². The number of benzene rings is 2. The van der Waals surface area contributed by atoms with Crippen LogP contribution < -0.4 is 0 Å². The third kappa shape index (κ3) is 3.03. The largest absolute Gasteiger partial charge is 0.458 e. The van der Waals surface area contributed by atoms with E-state index in [0.29, 0.717) is 5.56 Å². The number of hydrogen-bond donors (Lipinski definition) is 1. The summed E-state index contributed by atoms with van der Waals surface area (Å²) in [5, 5.41) is 0.884. The van der Waals surface area contributed by atoms with Crippen LogP contribution in [0.2, 0.25) is 0 Å². The number of H-pyrrole nitrogens is 1. The number of rotatable bonds is 4. The number of aromatic nitrogens is 1. The Balaban J connectivity index is 1.63. The van der Waals surface area contributed by atoms with Gasteiger partial charge in [-0.15, -0.1) is 0 Å². The fourth-order valence-electron chi connectivity index (χ4n) is 2.19. The summed E-state index contributed by atoms with van der Waals surface area (Å²) in [6.45, 7) is 0.257. The minimum Gasteiger partial charge on any atom is -0.458 e. The Kier molecular flexibility index (Phi) is 3.83. The van der Waals surface area contributed by atoms with Gasteiger partial charge in [-0.05, 0) is 17.7 Å². The molecule has 0 unspecified atom stereocenters. The third-order valence-electron chi connectivity index (χ3n) is 3.23. The molecular weight excluding hydrogens is 262 g/mol. The van der Waals surface area contributed by atoms with Crippen LogP contribution in [0.3, 0.4) is 0 Å². The van der Waals surface area contributed by atoms with Crippen molar-refractivity contribution >= 4 is 22.9 Å². The molecule has 2 aromatic carbocycles. The zero-order chi connectivity index (χ0) is 14.5. The van der Waals surface area contributed by atoms with Crippen LogP contribution in [-0.2, 0) is 4.74 Å². The summed E-state index contributed by atoms with van der Waals surface area (Å²) < 4.78 is 5.27. The first kappa shape index (κ1) is 13.2. The van der Waals surface area contributed by atoms with Crippen LogP contribution in [0.1, 0.15) is 15.9 Å². The van der Waals surface area contributed by atoms with E-state index in [9.17, 15) is 4.79 Å². The lowest BCUT2D eigenvalue weighted by Gasteiger charge is -2.00. The van der Waals surface area contributed by atoms with E-state index >= 15 is 0 Å². The molecule has 21 heavy (non-hydrogen) atoms. The van der Waals surface area contributed by atoms with Gasteiger partial charge in [-0.25, -0.2) is 4.79 Å². The van der Waals surface area contributed by atoms with Gasteiger partial charge in [0.15, 0.2) is 0 Å². The number of fused-ring (bicyclic) bond motifs is 1. The highest BCUT2D eigenvalue weighted by Gasteiger charge is 2.11. The molecule has 3 heteroatoms. The second-order valence-electron chi connectivity index (χ2n) is 4.66. The molecule has 3 rings (SSSR count). The minimum atomic E-state index is -0.315. The Hall–Kier alpha value is -2.81. The number of carbonyl (C=O) groups is 1. The minimum absolute atomic E-state index is 0.257. The Morgan fingerprint density at radius 2 is 1.81 bits per heavy atom. The van der Waals surface area contributed by atoms with E-state index in [4.69, 9.17) is 4.74 Å². The molecule has 3 nitrogen and oxygen atoms in total. The quantitative estimate of drug-likeness (QED) is 0.731. The summed E-state index contributed by atoms with van der Waals surface area (Å²) in [6.07, 6.45) is 5.46. The van der Waals surface area contributed by atoms with E-state index in [0.717, 1.165) is 16.5 Å². The number of hydrogen-bond acceptors (Lipinski definition) is 2. The van der Waals surface area contributed by atoms with Gasteiger partial charge in [-0.3, -0.25) is 0 Å². The van der Waals surface area contributed by atoms with Crippen molar-refractivity contribution < 1.29 is 9.53 Å². The van der Waals surface area contributed by atoms with Crippen molar-refractivity contribution in [2.75, 3.05) is 6.61 Å². The van der Waals surface area contributed by atoms with E-state index in [1.165, 1.54) is 0 Å². The Bertz CT molecular complexity index is 772. The zero-order valence-electron chi connectivity index (χ0n) is 11.5. The zero-order valence-corrected chi connectivity index (χ0v) is 11.5. The lowest BCUT2D eigenvalue weighted by molar-refractivity contribution is 0.0552. The van der Waals surface area contributed by atoms with Crippen LogP contribution in [0.5, 0.6) is 0 Å². The van der Waals surface area contributed by atoms with Gasteiger partial charge in [0.2, 0.25) is 0 Å². The van der Waals surface area contributed by atoms with Gasteiger partial charge >= 0.3 is 5.97 Å². The lowest BCUT2D eigenvalue weighted by Crippen LogP contribution is -2.04. The number of carbonyl (C=O) groups excluding carboxylic acids is 1. The number of para-hydroxylation sites is 1. The first-order valence-electron chi connectivity index (χ1n) is 6.79. The van der Waals surface area contributed by atoms with Crippen LogP contribution in [0.25, 0.3) is 17.0 Å². The van der Waals surface area contributed by atoms with Gasteiger partial charge in [0, 0.05) is 17.1 Å². The molecule has 1 N–H and O–H groups in total. The van der Waals surface area contributed by atoms with Crippen molar-refractivity contribution in [1.82, 2.24) is 4.98 Å². The van der Waals surface area contributed by atoms with E-state index in [2.05, 4.69) is 4.98 Å². The van der Waals surface area contributed by atoms with Crippen molar-refractivity contribution in [3.05, 3.63) is 78.0 Å². The number of aromatic amines is 1. The molecule has 0 saturated carbocycles. The van der Waals surface area contributed by atoms with E-state index in [-0.39, 0.29) is 12.6 Å². The van der Waals surface area contributed by atoms with Gasteiger partial charge in [0.1, 0.15) is 6.61 Å². The van der Waals surface area contributed by atoms with Gasteiger partial charge in [0.25, 0.3) is 0 Å². The summed E-state index contributed by atoms with van der Waals surface area (Å²) in [5.74, 6) is -0.315. The molecule has 0 saturated heterocycles. The summed E-state index contributed by atoms with van der Waals surface area (Å²) >= 11 is 0. The monoisotopic (exact) mass is 277 g/mol. The maximum absolute atomic E-state index is 12.1. The normalized spacial score (nSPS) is 11.0. The van der Waals surface area contributed by atoms with Gasteiger partial charge in [-0.1, -0.05) is 54.6 Å². The van der Waals surface area contributed by atoms with Crippen molar-refractivity contribution in [3.63, 3.8) is 0 Å². The first-order chi connectivity index (χ1) is 10.3. The van der Waals surface area contributed by atoms with Crippen LogP contribution in [-0.4, -0.2) is 17.6 Å². The summed E-state index contributed by atoms with van der Waals surface area (Å²) in [7, 11) is 0. The number of nitrogens with one attached hydrogen (secondary N) is 1. The third-order valence-corrected chi connectivity index (χ3v) is 3.23. The average Bonchev–Trinajstić information content (AvgIpc) is 2.96. The Morgan fingerprint density at radius 1 is 1.05 bits per heavy atom. The molecule has 0 spiro atoms. The number of esters is 1. The van der Waals surface area contributed by atoms with Crippen molar-refractivity contribution in [3.8, 4) is 0 Å². The highest BCUT2D eigenvalue weighted by molar-refractivity contribution is 6.04. The predicted molar refractivity (Wildman–Crippen MR) is 84.1 cm³/mol. The molecular formula is C18H15NO2. The molecule has 1 aromatic heterocycles. The average molecular weight is 277 g/mol. The van der Waals surface area contributed by atoms with Crippen molar-refractivity contribution in [2.45, 2.75) is 0 Å². The molecule has 0 aliphatic rings. The fraction of sp³-hybridized carbons (Fsp3) is 0.0556. The fourth-order valence-corrected chi connectivity index (χ4v) is 2.19. The van der Waals surface area contributed by atoms with Crippen LogP contribution in [0, 0.1) is 0 Å². The maximum Gasteiger partial charge on any atom is 0.340 e. The topological polar surface area (TPSA) is 42.1 Å². The van der Waals surface area contributed by atoms with E-state index < -0.39 is 0 Å². The standard InChI is InChI=1S/C18H15NO2/c20-18(16-13-19-17-11-5-4-10-15(16)17)21-12-6-9-14-7-2-1-3-8-14/h1-11,13,19H,12H2. The lowest BCUT2D eigenvalue weighted by atomic mass is 10.2. The molecule has 0 fully saturated rings. The van der Waals surface area contributed by atoms with Crippen LogP contribution >= 0.6 is 0 Å². The summed E-state index contributed by atoms with van der Waals surface area (Å²) in [6, 6.07) is 17.6. The second-order valence-corrected chi connectivity index (χ2v) is 4.66. The van der Waals surface area contributed by atoms with Gasteiger partial charge in [0.05, 0.1) is 5.56 Å².